The molecule has 4 heteroatoms. The highest BCUT2D eigenvalue weighted by atomic mass is 16.3. The topological polar surface area (TPSA) is 56.7 Å². The Morgan fingerprint density at radius 2 is 1.63 bits per heavy atom. The molecule has 0 fully saturated rings. The molecule has 0 aliphatic carbocycles. The summed E-state index contributed by atoms with van der Waals surface area (Å²) >= 11 is 0. The minimum Gasteiger partial charge on any atom is -0.507 e. The second-order valence-corrected chi connectivity index (χ2v) is 4.44. The molecule has 1 aliphatic rings. The van der Waals surface area contributed by atoms with Crippen LogP contribution in [0.5, 0.6) is 5.75 Å². The van der Waals surface area contributed by atoms with Gasteiger partial charge in [0.1, 0.15) is 11.9 Å². The number of hydrogen-bond donors (Lipinski definition) is 3. The van der Waals surface area contributed by atoms with E-state index >= 15 is 0 Å². The third-order valence-electron chi connectivity index (χ3n) is 3.04. The van der Waals surface area contributed by atoms with Crippen molar-refractivity contribution in [1.82, 2.24) is 0 Å². The van der Waals surface area contributed by atoms with Crippen LogP contribution < -0.4 is 10.6 Å². The van der Waals surface area contributed by atoms with Gasteiger partial charge in [0.05, 0.1) is 17.9 Å². The van der Waals surface area contributed by atoms with Crippen molar-refractivity contribution in [3.63, 3.8) is 0 Å². The smallest absolute Gasteiger partial charge is 0.124 e. The normalized spacial score (nSPS) is 14.1. The fraction of sp³-hybridized carbons (Fsp3) is 0.133. The van der Waals surface area contributed by atoms with E-state index in [1.165, 1.54) is 0 Å². The maximum absolute atomic E-state index is 9.62. The van der Waals surface area contributed by atoms with Crippen molar-refractivity contribution < 1.29 is 5.11 Å². The average Bonchev–Trinajstić information content (AvgIpc) is 2.83. The van der Waals surface area contributed by atoms with Crippen LogP contribution in [0.15, 0.2) is 53.5 Å². The number of nitrogens with zero attached hydrogens (tertiary/aromatic N) is 1. The Kier molecular flexibility index (Phi) is 3.06. The Hall–Kier alpha value is -2.49. The number of aliphatic imine (C=N–C) groups is 1. The molecule has 19 heavy (non-hydrogen) atoms. The van der Waals surface area contributed by atoms with Crippen molar-refractivity contribution in [3.05, 3.63) is 54.1 Å². The van der Waals surface area contributed by atoms with E-state index in [4.69, 9.17) is 0 Å². The van der Waals surface area contributed by atoms with Crippen LogP contribution >= 0.6 is 0 Å². The van der Waals surface area contributed by atoms with E-state index in [1.807, 2.05) is 36.4 Å². The number of anilines is 2. The first-order valence-electron chi connectivity index (χ1n) is 6.23. The SMILES string of the molecule is Oc1ccccc1C=NCC1Nc2ccccc2N1. The predicted molar refractivity (Wildman–Crippen MR) is 78.0 cm³/mol. The molecule has 0 bridgehead atoms. The van der Waals surface area contributed by atoms with Crippen LogP contribution in [0.1, 0.15) is 5.56 Å². The lowest BCUT2D eigenvalue weighted by Gasteiger charge is -2.08. The molecule has 0 amide bonds. The molecular weight excluding hydrogens is 238 g/mol. The van der Waals surface area contributed by atoms with Gasteiger partial charge in [0.2, 0.25) is 0 Å². The van der Waals surface area contributed by atoms with Crippen molar-refractivity contribution in [2.45, 2.75) is 6.17 Å². The monoisotopic (exact) mass is 253 g/mol. The van der Waals surface area contributed by atoms with E-state index in [9.17, 15) is 5.11 Å². The highest BCUT2D eigenvalue weighted by Gasteiger charge is 2.17. The van der Waals surface area contributed by atoms with Crippen LogP contribution in [0, 0.1) is 0 Å². The molecule has 3 N–H and O–H groups in total. The number of aromatic hydroxyl groups is 1. The maximum Gasteiger partial charge on any atom is 0.124 e. The highest BCUT2D eigenvalue weighted by molar-refractivity contribution is 5.83. The van der Waals surface area contributed by atoms with Gasteiger partial charge >= 0.3 is 0 Å². The molecule has 2 aromatic carbocycles. The molecule has 2 aromatic rings. The molecular formula is C15H15N3O. The van der Waals surface area contributed by atoms with Gasteiger partial charge in [-0.25, -0.2) is 0 Å². The highest BCUT2D eigenvalue weighted by Crippen LogP contribution is 2.27. The Morgan fingerprint density at radius 3 is 2.32 bits per heavy atom. The van der Waals surface area contributed by atoms with E-state index < -0.39 is 0 Å². The number of rotatable bonds is 3. The van der Waals surface area contributed by atoms with E-state index in [0.717, 1.165) is 16.9 Å². The predicted octanol–water partition coefficient (Wildman–Crippen LogP) is 2.67. The van der Waals surface area contributed by atoms with Crippen LogP contribution in [-0.2, 0) is 0 Å². The summed E-state index contributed by atoms with van der Waals surface area (Å²) in [6.07, 6.45) is 1.79. The largest absolute Gasteiger partial charge is 0.507 e. The van der Waals surface area contributed by atoms with Gasteiger partial charge < -0.3 is 15.7 Å². The zero-order chi connectivity index (χ0) is 13.1. The van der Waals surface area contributed by atoms with Crippen molar-refractivity contribution in [2.75, 3.05) is 17.2 Å². The lowest BCUT2D eigenvalue weighted by Crippen LogP contribution is -2.25. The van der Waals surface area contributed by atoms with Crippen molar-refractivity contribution in [1.29, 1.82) is 0 Å². The fourth-order valence-corrected chi connectivity index (χ4v) is 2.09. The molecule has 0 unspecified atom stereocenters. The molecule has 0 saturated heterocycles. The second-order valence-electron chi connectivity index (χ2n) is 4.44. The van der Waals surface area contributed by atoms with Crippen LogP contribution in [-0.4, -0.2) is 24.0 Å². The number of benzene rings is 2. The van der Waals surface area contributed by atoms with Crippen LogP contribution in [0.3, 0.4) is 0 Å². The van der Waals surface area contributed by atoms with Crippen LogP contribution in [0.4, 0.5) is 11.4 Å². The summed E-state index contributed by atoms with van der Waals surface area (Å²) in [5.74, 6) is 0.252. The molecule has 1 aliphatic heterocycles. The van der Waals surface area contributed by atoms with E-state index in [0.29, 0.717) is 6.54 Å². The third-order valence-corrected chi connectivity index (χ3v) is 3.04. The molecule has 3 rings (SSSR count). The van der Waals surface area contributed by atoms with Gasteiger partial charge in [0.25, 0.3) is 0 Å². The van der Waals surface area contributed by atoms with E-state index in [-0.39, 0.29) is 11.9 Å². The summed E-state index contributed by atoms with van der Waals surface area (Å²) in [6.45, 7) is 0.600. The third kappa shape index (κ3) is 2.52. The Bertz CT molecular complexity index is 585. The minimum absolute atomic E-state index is 0.0968. The zero-order valence-electron chi connectivity index (χ0n) is 10.4. The van der Waals surface area contributed by atoms with Gasteiger partial charge in [-0.1, -0.05) is 24.3 Å². The van der Waals surface area contributed by atoms with E-state index in [2.05, 4.69) is 15.6 Å². The molecule has 0 aromatic heterocycles. The summed E-state index contributed by atoms with van der Waals surface area (Å²) in [5, 5.41) is 16.3. The standard InChI is InChI=1S/C15H15N3O/c19-14-8-4-1-5-11(14)9-16-10-15-17-12-6-2-3-7-13(12)18-15/h1-9,15,17-19H,10H2. The van der Waals surface area contributed by atoms with Gasteiger partial charge in [0, 0.05) is 11.8 Å². The molecule has 4 nitrogen and oxygen atoms in total. The fourth-order valence-electron chi connectivity index (χ4n) is 2.09. The van der Waals surface area contributed by atoms with Gasteiger partial charge in [-0.3, -0.25) is 4.99 Å². The number of hydrogen-bond acceptors (Lipinski definition) is 4. The van der Waals surface area contributed by atoms with Crippen molar-refractivity contribution in [3.8, 4) is 5.75 Å². The van der Waals surface area contributed by atoms with Crippen LogP contribution in [0.25, 0.3) is 0 Å². The summed E-state index contributed by atoms with van der Waals surface area (Å²) in [4.78, 5) is 4.36. The number of phenolic OH excluding ortho intramolecular Hbond substituents is 1. The average molecular weight is 253 g/mol. The first kappa shape index (κ1) is 11.6. The molecule has 96 valence electrons. The summed E-state index contributed by atoms with van der Waals surface area (Å²) in [6, 6.07) is 15.2. The van der Waals surface area contributed by atoms with Crippen molar-refractivity contribution in [2.24, 2.45) is 4.99 Å². The molecule has 0 atom stereocenters. The molecule has 0 radical (unpaired) electrons. The quantitative estimate of drug-likeness (QED) is 0.737. The first-order chi connectivity index (χ1) is 9.33. The number of nitrogens with one attached hydrogen (secondary N) is 2. The minimum atomic E-state index is 0.0968. The molecule has 1 heterocycles. The number of fused-ring (bicyclic) bond motifs is 1. The lowest BCUT2D eigenvalue weighted by atomic mass is 10.2. The Labute approximate surface area is 111 Å². The first-order valence-corrected chi connectivity index (χ1v) is 6.23. The van der Waals surface area contributed by atoms with Gasteiger partial charge in [0.15, 0.2) is 0 Å². The van der Waals surface area contributed by atoms with Crippen molar-refractivity contribution >= 4 is 17.6 Å². The zero-order valence-corrected chi connectivity index (χ0v) is 10.4. The lowest BCUT2D eigenvalue weighted by molar-refractivity contribution is 0.474. The molecule has 0 saturated carbocycles. The van der Waals surface area contributed by atoms with Crippen LogP contribution in [0.2, 0.25) is 0 Å². The van der Waals surface area contributed by atoms with E-state index in [1.54, 1.807) is 18.3 Å². The van der Waals surface area contributed by atoms with Gasteiger partial charge in [-0.05, 0) is 24.3 Å². The summed E-state index contributed by atoms with van der Waals surface area (Å²) in [7, 11) is 0. The Morgan fingerprint density at radius 1 is 1.00 bits per heavy atom. The maximum atomic E-state index is 9.62. The summed E-state index contributed by atoms with van der Waals surface area (Å²) in [5.41, 5.74) is 2.94. The molecule has 0 spiro atoms. The van der Waals surface area contributed by atoms with Gasteiger partial charge in [-0.2, -0.15) is 0 Å². The number of phenols is 1. The van der Waals surface area contributed by atoms with Gasteiger partial charge in [-0.15, -0.1) is 0 Å². The second kappa shape index (κ2) is 5.02. The number of para-hydroxylation sites is 3. The Balaban J connectivity index is 1.62. The summed E-state index contributed by atoms with van der Waals surface area (Å²) < 4.78 is 0.